The van der Waals surface area contributed by atoms with Crippen molar-refractivity contribution in [1.82, 2.24) is 10.2 Å². The molecule has 0 aliphatic heterocycles. The monoisotopic (exact) mass is 331 g/mol. The molecule has 0 fully saturated rings. The van der Waals surface area contributed by atoms with E-state index in [-0.39, 0.29) is 10.6 Å². The number of thioether (sulfide) groups is 1. The molecule has 9 heteroatoms. The number of benzene rings is 1. The molecule has 108 valence electrons. The van der Waals surface area contributed by atoms with Crippen molar-refractivity contribution in [2.75, 3.05) is 24.3 Å². The number of methoxy groups -OCH3 is 1. The molecule has 0 amide bonds. The van der Waals surface area contributed by atoms with Gasteiger partial charge in [0.25, 0.3) is 0 Å². The van der Waals surface area contributed by atoms with Gasteiger partial charge in [-0.05, 0) is 18.2 Å². The third-order valence-electron chi connectivity index (χ3n) is 2.40. The summed E-state index contributed by atoms with van der Waals surface area (Å²) in [5.74, 6) is 0.939. The molecule has 0 saturated heterocycles. The number of nitrogens with two attached hydrogens (primary N) is 1. The van der Waals surface area contributed by atoms with Crippen molar-refractivity contribution in [2.45, 2.75) is 9.24 Å². The van der Waals surface area contributed by atoms with Crippen molar-refractivity contribution >= 4 is 38.1 Å². The first-order valence-electron chi connectivity index (χ1n) is 5.60. The molecule has 6 nitrogen and oxygen atoms in total. The van der Waals surface area contributed by atoms with Gasteiger partial charge in [-0.3, -0.25) is 0 Å². The van der Waals surface area contributed by atoms with Crippen LogP contribution in [0.1, 0.15) is 0 Å². The molecular formula is C11H13N3O3S3. The zero-order valence-corrected chi connectivity index (χ0v) is 13.1. The zero-order valence-electron chi connectivity index (χ0n) is 10.6. The summed E-state index contributed by atoms with van der Waals surface area (Å²) < 4.78 is 30.0. The van der Waals surface area contributed by atoms with Crippen LogP contribution in [-0.2, 0) is 9.84 Å². The highest BCUT2D eigenvalue weighted by molar-refractivity contribution is 8.02. The lowest BCUT2D eigenvalue weighted by Gasteiger charge is -2.05. The maximum absolute atomic E-state index is 12.2. The van der Waals surface area contributed by atoms with Gasteiger partial charge in [-0.15, -0.1) is 10.2 Å². The van der Waals surface area contributed by atoms with Gasteiger partial charge in [0, 0.05) is 5.75 Å². The lowest BCUT2D eigenvalue weighted by Crippen LogP contribution is -2.09. The van der Waals surface area contributed by atoms with E-state index in [0.29, 0.717) is 21.0 Å². The number of rotatable bonds is 6. The number of anilines is 1. The molecule has 1 aromatic carbocycles. The third kappa shape index (κ3) is 3.84. The second-order valence-electron chi connectivity index (χ2n) is 3.75. The van der Waals surface area contributed by atoms with Gasteiger partial charge in [0.2, 0.25) is 5.13 Å². The summed E-state index contributed by atoms with van der Waals surface area (Å²) in [5.41, 5.74) is 5.46. The normalized spacial score (nSPS) is 11.4. The Bertz CT molecular complexity index is 685. The van der Waals surface area contributed by atoms with E-state index in [1.54, 1.807) is 18.2 Å². The predicted octanol–water partition coefficient (Wildman–Crippen LogP) is 1.69. The van der Waals surface area contributed by atoms with Gasteiger partial charge in [-0.1, -0.05) is 29.2 Å². The molecule has 0 bridgehead atoms. The third-order valence-corrected chi connectivity index (χ3v) is 6.26. The standard InChI is InChI=1S/C11H13N3O3S3/c1-17-8-3-2-4-9(7-8)20(15,16)6-5-18-11-14-13-10(12)19-11/h2-4,7H,5-6H2,1H3,(H2,12,13). The van der Waals surface area contributed by atoms with Crippen LogP contribution >= 0.6 is 23.1 Å². The Morgan fingerprint density at radius 2 is 2.20 bits per heavy atom. The van der Waals surface area contributed by atoms with Crippen LogP contribution in [0.5, 0.6) is 5.75 Å². The Labute approximate surface area is 125 Å². The molecule has 0 saturated carbocycles. The maximum Gasteiger partial charge on any atom is 0.203 e. The van der Waals surface area contributed by atoms with Crippen LogP contribution in [0.25, 0.3) is 0 Å². The molecule has 0 spiro atoms. The van der Waals surface area contributed by atoms with Crippen molar-refractivity contribution in [3.05, 3.63) is 24.3 Å². The molecule has 0 aliphatic rings. The van der Waals surface area contributed by atoms with Crippen LogP contribution in [0.2, 0.25) is 0 Å². The molecule has 0 aliphatic carbocycles. The zero-order chi connectivity index (χ0) is 14.6. The molecule has 1 heterocycles. The molecule has 2 rings (SSSR count). The second kappa shape index (κ2) is 6.42. The van der Waals surface area contributed by atoms with Crippen LogP contribution in [0.3, 0.4) is 0 Å². The fourth-order valence-electron chi connectivity index (χ4n) is 1.43. The van der Waals surface area contributed by atoms with Crippen molar-refractivity contribution in [3.8, 4) is 5.75 Å². The van der Waals surface area contributed by atoms with Crippen LogP contribution in [-0.4, -0.2) is 37.2 Å². The molecule has 2 N–H and O–H groups in total. The van der Waals surface area contributed by atoms with Gasteiger partial charge in [0.05, 0.1) is 17.8 Å². The number of sulfone groups is 1. The first kappa shape index (κ1) is 15.1. The summed E-state index contributed by atoms with van der Waals surface area (Å²) >= 11 is 2.57. The Morgan fingerprint density at radius 1 is 1.40 bits per heavy atom. The Hall–Kier alpha value is -1.32. The first-order chi connectivity index (χ1) is 9.51. The summed E-state index contributed by atoms with van der Waals surface area (Å²) in [6.07, 6.45) is 0. The summed E-state index contributed by atoms with van der Waals surface area (Å²) in [4.78, 5) is 0.259. The Balaban J connectivity index is 2.00. The average Bonchev–Trinajstić information content (AvgIpc) is 2.84. The van der Waals surface area contributed by atoms with Gasteiger partial charge in [-0.2, -0.15) is 0 Å². The lowest BCUT2D eigenvalue weighted by atomic mass is 10.3. The highest BCUT2D eigenvalue weighted by Gasteiger charge is 2.15. The summed E-state index contributed by atoms with van der Waals surface area (Å²) in [6.45, 7) is 0. The van der Waals surface area contributed by atoms with Crippen molar-refractivity contribution < 1.29 is 13.2 Å². The topological polar surface area (TPSA) is 95.2 Å². The molecule has 0 radical (unpaired) electrons. The van der Waals surface area contributed by atoms with Crippen LogP contribution in [0, 0.1) is 0 Å². The van der Waals surface area contributed by atoms with Crippen molar-refractivity contribution in [3.63, 3.8) is 0 Å². The highest BCUT2D eigenvalue weighted by Crippen LogP contribution is 2.25. The largest absolute Gasteiger partial charge is 0.497 e. The van der Waals surface area contributed by atoms with Gasteiger partial charge in [0.1, 0.15) is 5.75 Å². The Kier molecular flexibility index (Phi) is 4.84. The lowest BCUT2D eigenvalue weighted by molar-refractivity contribution is 0.413. The van der Waals surface area contributed by atoms with Gasteiger partial charge < -0.3 is 10.5 Å². The summed E-state index contributed by atoms with van der Waals surface area (Å²) in [7, 11) is -1.83. The fraction of sp³-hybridized carbons (Fsp3) is 0.273. The molecule has 2 aromatic rings. The van der Waals surface area contributed by atoms with Gasteiger partial charge in [0.15, 0.2) is 14.2 Å². The Morgan fingerprint density at radius 3 is 2.85 bits per heavy atom. The maximum atomic E-state index is 12.2. The number of nitrogens with zero attached hydrogens (tertiary/aromatic N) is 2. The fourth-order valence-corrected chi connectivity index (χ4v) is 4.82. The van der Waals surface area contributed by atoms with Crippen molar-refractivity contribution in [2.24, 2.45) is 0 Å². The van der Waals surface area contributed by atoms with E-state index in [1.807, 2.05) is 0 Å². The number of nitrogen functional groups attached to an aromatic ring is 1. The number of aromatic nitrogens is 2. The SMILES string of the molecule is COc1cccc(S(=O)(=O)CCSc2nnc(N)s2)c1. The van der Waals surface area contributed by atoms with E-state index in [0.717, 1.165) is 0 Å². The van der Waals surface area contributed by atoms with Gasteiger partial charge in [-0.25, -0.2) is 8.42 Å². The van der Waals surface area contributed by atoms with E-state index < -0.39 is 9.84 Å². The van der Waals surface area contributed by atoms with E-state index in [2.05, 4.69) is 10.2 Å². The number of hydrogen-bond donors (Lipinski definition) is 1. The van der Waals surface area contributed by atoms with Crippen LogP contribution in [0.4, 0.5) is 5.13 Å². The van der Waals surface area contributed by atoms with Crippen LogP contribution < -0.4 is 10.5 Å². The van der Waals surface area contributed by atoms with Crippen molar-refractivity contribution in [1.29, 1.82) is 0 Å². The minimum absolute atomic E-state index is 0.0182. The molecule has 1 aromatic heterocycles. The quantitative estimate of drug-likeness (QED) is 0.805. The minimum Gasteiger partial charge on any atom is -0.497 e. The van der Waals surface area contributed by atoms with Gasteiger partial charge >= 0.3 is 0 Å². The minimum atomic E-state index is -3.33. The van der Waals surface area contributed by atoms with Crippen LogP contribution in [0.15, 0.2) is 33.5 Å². The summed E-state index contributed by atoms with van der Waals surface area (Å²) in [6, 6.07) is 6.44. The molecule has 0 atom stereocenters. The molecule has 20 heavy (non-hydrogen) atoms. The number of hydrogen-bond acceptors (Lipinski definition) is 8. The van der Waals surface area contributed by atoms with E-state index in [9.17, 15) is 8.42 Å². The highest BCUT2D eigenvalue weighted by atomic mass is 32.2. The smallest absolute Gasteiger partial charge is 0.203 e. The first-order valence-corrected chi connectivity index (χ1v) is 9.05. The predicted molar refractivity (Wildman–Crippen MR) is 80.1 cm³/mol. The van der Waals surface area contributed by atoms with E-state index in [1.165, 1.54) is 36.3 Å². The summed E-state index contributed by atoms with van der Waals surface area (Å²) in [5, 5.41) is 7.88. The number of ether oxygens (including phenoxy) is 1. The average molecular weight is 331 g/mol. The van der Waals surface area contributed by atoms with E-state index in [4.69, 9.17) is 10.5 Å². The van der Waals surface area contributed by atoms with E-state index >= 15 is 0 Å². The molecular weight excluding hydrogens is 318 g/mol. The molecule has 0 unspecified atom stereocenters. The second-order valence-corrected chi connectivity index (χ2v) is 8.21.